The summed E-state index contributed by atoms with van der Waals surface area (Å²) in [6.45, 7) is 0.451. The average molecular weight is 443 g/mol. The quantitative estimate of drug-likeness (QED) is 0.310. The first-order valence-electron chi connectivity index (χ1n) is 9.18. The highest BCUT2D eigenvalue weighted by molar-refractivity contribution is 7.99. The monoisotopic (exact) mass is 442 g/mol. The molecule has 2 aromatic carbocycles. The number of nitrogens with one attached hydrogen (secondary N) is 1. The summed E-state index contributed by atoms with van der Waals surface area (Å²) >= 11 is 7.34. The number of imidazole rings is 1. The van der Waals surface area contributed by atoms with E-state index >= 15 is 0 Å². The Morgan fingerprint density at radius 2 is 2.03 bits per heavy atom. The fourth-order valence-electron chi connectivity index (χ4n) is 2.73. The van der Waals surface area contributed by atoms with Crippen molar-refractivity contribution in [2.75, 3.05) is 18.9 Å². The van der Waals surface area contributed by atoms with Crippen LogP contribution in [0.15, 0.2) is 53.7 Å². The predicted octanol–water partition coefficient (Wildman–Crippen LogP) is 3.40. The molecule has 1 heterocycles. The zero-order valence-electron chi connectivity index (χ0n) is 16.0. The molecule has 0 saturated heterocycles. The number of halogens is 1. The topological polar surface area (TPSA) is 97.0 Å². The van der Waals surface area contributed by atoms with Gasteiger partial charge in [-0.15, -0.1) is 0 Å². The number of carbonyl (C=O) groups is 2. The third-order valence-corrected chi connectivity index (χ3v) is 5.29. The van der Waals surface area contributed by atoms with E-state index in [9.17, 15) is 9.59 Å². The Morgan fingerprint density at radius 3 is 2.80 bits per heavy atom. The number of ether oxygens (including phenoxy) is 1. The Hall–Kier alpha value is -3.02. The van der Waals surface area contributed by atoms with Gasteiger partial charge in [0.05, 0.1) is 35.8 Å². The zero-order chi connectivity index (χ0) is 21.3. The minimum absolute atomic E-state index is 0.0112. The van der Waals surface area contributed by atoms with Crippen LogP contribution in [0.5, 0.6) is 0 Å². The van der Waals surface area contributed by atoms with Gasteiger partial charge in [0.25, 0.3) is 5.91 Å². The summed E-state index contributed by atoms with van der Waals surface area (Å²) in [5.74, 6) is -0.946. The van der Waals surface area contributed by atoms with Gasteiger partial charge in [0.1, 0.15) is 0 Å². The van der Waals surface area contributed by atoms with Crippen LogP contribution < -0.4 is 5.32 Å². The van der Waals surface area contributed by atoms with Crippen molar-refractivity contribution in [1.29, 1.82) is 5.26 Å². The van der Waals surface area contributed by atoms with E-state index in [1.807, 2.05) is 47.0 Å². The van der Waals surface area contributed by atoms with Gasteiger partial charge in [0, 0.05) is 11.6 Å². The number of benzene rings is 2. The van der Waals surface area contributed by atoms with E-state index in [-0.39, 0.29) is 25.3 Å². The molecular formula is C21H19ClN4O3S. The summed E-state index contributed by atoms with van der Waals surface area (Å²) in [5, 5.41) is 12.2. The Labute approximate surface area is 183 Å². The average Bonchev–Trinajstić information content (AvgIpc) is 3.08. The Morgan fingerprint density at radius 1 is 1.23 bits per heavy atom. The van der Waals surface area contributed by atoms with E-state index in [0.29, 0.717) is 16.7 Å². The zero-order valence-corrected chi connectivity index (χ0v) is 17.6. The molecule has 0 aliphatic carbocycles. The van der Waals surface area contributed by atoms with Gasteiger partial charge in [-0.2, -0.15) is 5.26 Å². The van der Waals surface area contributed by atoms with Gasteiger partial charge in [-0.05, 0) is 23.8 Å². The molecule has 1 aromatic heterocycles. The lowest BCUT2D eigenvalue weighted by molar-refractivity contribution is -0.145. The number of esters is 1. The molecule has 154 valence electrons. The maximum Gasteiger partial charge on any atom is 0.316 e. The fraction of sp³-hybridized carbons (Fsp3) is 0.238. The van der Waals surface area contributed by atoms with E-state index in [0.717, 1.165) is 16.6 Å². The number of thioether (sulfide) groups is 1. The smallest absolute Gasteiger partial charge is 0.316 e. The van der Waals surface area contributed by atoms with Crippen molar-refractivity contribution in [1.82, 2.24) is 14.9 Å². The van der Waals surface area contributed by atoms with Gasteiger partial charge in [-0.3, -0.25) is 9.59 Å². The van der Waals surface area contributed by atoms with Crippen molar-refractivity contribution in [2.24, 2.45) is 0 Å². The number of rotatable bonds is 9. The third-order valence-electron chi connectivity index (χ3n) is 4.10. The number of fused-ring (bicyclic) bond motifs is 1. The SMILES string of the molecule is N#CCCNC(=O)COC(=O)CSc1nc2cc(Cl)ccc2n1Cc1ccccc1. The molecule has 3 rings (SSSR count). The number of nitriles is 1. The largest absolute Gasteiger partial charge is 0.455 e. The van der Waals surface area contributed by atoms with Crippen LogP contribution in [0.2, 0.25) is 5.02 Å². The van der Waals surface area contributed by atoms with Gasteiger partial charge in [-0.1, -0.05) is 53.7 Å². The molecule has 1 N–H and O–H groups in total. The molecular weight excluding hydrogens is 424 g/mol. The molecule has 7 nitrogen and oxygen atoms in total. The van der Waals surface area contributed by atoms with Crippen LogP contribution in [0, 0.1) is 11.3 Å². The van der Waals surface area contributed by atoms with Crippen LogP contribution in [0.4, 0.5) is 0 Å². The van der Waals surface area contributed by atoms with Gasteiger partial charge < -0.3 is 14.6 Å². The van der Waals surface area contributed by atoms with Crippen molar-refractivity contribution in [3.63, 3.8) is 0 Å². The number of hydrogen-bond donors (Lipinski definition) is 1. The number of hydrogen-bond acceptors (Lipinski definition) is 6. The molecule has 9 heteroatoms. The predicted molar refractivity (Wildman–Crippen MR) is 115 cm³/mol. The molecule has 0 spiro atoms. The minimum atomic E-state index is -0.521. The van der Waals surface area contributed by atoms with Crippen molar-refractivity contribution in [2.45, 2.75) is 18.1 Å². The summed E-state index contributed by atoms with van der Waals surface area (Å²) in [5.41, 5.74) is 2.76. The number of nitrogens with zero attached hydrogens (tertiary/aromatic N) is 3. The summed E-state index contributed by atoms with van der Waals surface area (Å²) in [6.07, 6.45) is 0.206. The number of carbonyl (C=O) groups excluding carboxylic acids is 2. The first-order chi connectivity index (χ1) is 14.6. The Bertz CT molecular complexity index is 1080. The highest BCUT2D eigenvalue weighted by Gasteiger charge is 2.15. The molecule has 0 aliphatic heterocycles. The van der Waals surface area contributed by atoms with E-state index in [1.165, 1.54) is 11.8 Å². The molecule has 0 atom stereocenters. The highest BCUT2D eigenvalue weighted by Crippen LogP contribution is 2.27. The molecule has 1 amide bonds. The van der Waals surface area contributed by atoms with Gasteiger partial charge >= 0.3 is 5.97 Å². The van der Waals surface area contributed by atoms with Crippen LogP contribution in [-0.4, -0.2) is 40.3 Å². The molecule has 0 radical (unpaired) electrons. The molecule has 0 unspecified atom stereocenters. The number of aromatic nitrogens is 2. The third kappa shape index (κ3) is 5.99. The second-order valence-electron chi connectivity index (χ2n) is 6.31. The van der Waals surface area contributed by atoms with E-state index < -0.39 is 11.9 Å². The van der Waals surface area contributed by atoms with Crippen molar-refractivity contribution < 1.29 is 14.3 Å². The van der Waals surface area contributed by atoms with Crippen LogP contribution in [0.3, 0.4) is 0 Å². The highest BCUT2D eigenvalue weighted by atomic mass is 35.5. The van der Waals surface area contributed by atoms with E-state index in [2.05, 4.69) is 10.3 Å². The normalized spacial score (nSPS) is 10.5. The van der Waals surface area contributed by atoms with Crippen LogP contribution in [0.1, 0.15) is 12.0 Å². The van der Waals surface area contributed by atoms with E-state index in [1.54, 1.807) is 12.1 Å². The Balaban J connectivity index is 1.66. The van der Waals surface area contributed by atoms with Gasteiger partial charge in [0.15, 0.2) is 11.8 Å². The van der Waals surface area contributed by atoms with Crippen molar-refractivity contribution in [3.05, 3.63) is 59.1 Å². The van der Waals surface area contributed by atoms with Gasteiger partial charge in [0.2, 0.25) is 0 Å². The lowest BCUT2D eigenvalue weighted by atomic mass is 10.2. The maximum atomic E-state index is 12.1. The minimum Gasteiger partial charge on any atom is -0.455 e. The van der Waals surface area contributed by atoms with Crippen molar-refractivity contribution >= 4 is 46.3 Å². The second-order valence-corrected chi connectivity index (χ2v) is 7.69. The lowest BCUT2D eigenvalue weighted by Crippen LogP contribution is -2.29. The summed E-state index contributed by atoms with van der Waals surface area (Å²) < 4.78 is 7.02. The molecule has 0 aliphatic rings. The molecule has 0 fully saturated rings. The molecule has 3 aromatic rings. The number of amides is 1. The molecule has 30 heavy (non-hydrogen) atoms. The standard InChI is InChI=1S/C21H19ClN4O3S/c22-16-7-8-18-17(11-16)25-21(26(18)12-15-5-2-1-3-6-15)30-14-20(28)29-13-19(27)24-10-4-9-23/h1-3,5-8,11H,4,10,12-14H2,(H,24,27). The van der Waals surface area contributed by atoms with Crippen LogP contribution in [-0.2, 0) is 20.9 Å². The maximum absolute atomic E-state index is 12.1. The molecule has 0 bridgehead atoms. The lowest BCUT2D eigenvalue weighted by Gasteiger charge is -2.09. The van der Waals surface area contributed by atoms with Gasteiger partial charge in [-0.25, -0.2) is 4.98 Å². The fourth-order valence-corrected chi connectivity index (χ4v) is 3.71. The summed E-state index contributed by atoms with van der Waals surface area (Å²) in [6, 6.07) is 17.4. The molecule has 0 saturated carbocycles. The van der Waals surface area contributed by atoms with Crippen molar-refractivity contribution in [3.8, 4) is 6.07 Å². The van der Waals surface area contributed by atoms with Crippen LogP contribution in [0.25, 0.3) is 11.0 Å². The second kappa shape index (κ2) is 10.7. The van der Waals surface area contributed by atoms with E-state index in [4.69, 9.17) is 21.6 Å². The summed E-state index contributed by atoms with van der Waals surface area (Å²) in [7, 11) is 0. The summed E-state index contributed by atoms with van der Waals surface area (Å²) in [4.78, 5) is 28.2. The first kappa shape index (κ1) is 21.7. The Kier molecular flexibility index (Phi) is 7.71. The first-order valence-corrected chi connectivity index (χ1v) is 10.5. The van der Waals surface area contributed by atoms with Crippen LogP contribution >= 0.6 is 23.4 Å².